The lowest BCUT2D eigenvalue weighted by atomic mass is 9.97. The van der Waals surface area contributed by atoms with Crippen molar-refractivity contribution in [2.45, 2.75) is 19.3 Å². The fourth-order valence-electron chi connectivity index (χ4n) is 1.24. The zero-order chi connectivity index (χ0) is 10.6. The van der Waals surface area contributed by atoms with Gasteiger partial charge < -0.3 is 0 Å². The summed E-state index contributed by atoms with van der Waals surface area (Å²) in [5.74, 6) is -0.851. The molecule has 0 fully saturated rings. The molecule has 0 heterocycles. The first kappa shape index (κ1) is 10.2. The summed E-state index contributed by atoms with van der Waals surface area (Å²) < 4.78 is 13.2. The second-order valence-corrected chi connectivity index (χ2v) is 2.94. The molecule has 0 saturated carbocycles. The molecule has 0 N–H and O–H groups in total. The fraction of sp³-hybridized carbons (Fsp3) is 0.273. The topological polar surface area (TPSA) is 47.6 Å². The van der Waals surface area contributed by atoms with Gasteiger partial charge in [0.05, 0.1) is 17.6 Å². The van der Waals surface area contributed by atoms with Gasteiger partial charge in [-0.15, -0.1) is 0 Å². The molecule has 3 heteroatoms. The van der Waals surface area contributed by atoms with Gasteiger partial charge in [0.25, 0.3) is 0 Å². The summed E-state index contributed by atoms with van der Waals surface area (Å²) in [7, 11) is 0. The van der Waals surface area contributed by atoms with Crippen LogP contribution < -0.4 is 0 Å². The minimum Gasteiger partial charge on any atom is -0.206 e. The number of hydrogen-bond donors (Lipinski definition) is 0. The van der Waals surface area contributed by atoms with Crippen LogP contribution in [0.25, 0.3) is 0 Å². The van der Waals surface area contributed by atoms with E-state index >= 15 is 0 Å². The maximum absolute atomic E-state index is 13.2. The monoisotopic (exact) mass is 188 g/mol. The summed E-state index contributed by atoms with van der Waals surface area (Å²) >= 11 is 0. The second kappa shape index (κ2) is 4.39. The van der Waals surface area contributed by atoms with E-state index in [1.165, 1.54) is 12.1 Å². The van der Waals surface area contributed by atoms with Gasteiger partial charge in [0.2, 0.25) is 0 Å². The number of hydrogen-bond acceptors (Lipinski definition) is 2. The van der Waals surface area contributed by atoms with Crippen molar-refractivity contribution in [3.8, 4) is 12.1 Å². The Kier molecular flexibility index (Phi) is 3.20. The summed E-state index contributed by atoms with van der Waals surface area (Å²) in [6.07, 6.45) is 0.641. The minimum absolute atomic E-state index is 0.0153. The maximum atomic E-state index is 13.2. The van der Waals surface area contributed by atoms with Gasteiger partial charge in [-0.05, 0) is 24.1 Å². The first-order valence-electron chi connectivity index (χ1n) is 4.32. The van der Waals surface area contributed by atoms with Crippen LogP contribution in [0.5, 0.6) is 0 Å². The van der Waals surface area contributed by atoms with Crippen LogP contribution in [0.4, 0.5) is 4.39 Å². The molecular weight excluding hydrogens is 179 g/mol. The molecule has 1 rings (SSSR count). The summed E-state index contributed by atoms with van der Waals surface area (Å²) in [4.78, 5) is 0. The SMILES string of the molecule is CCC(C#N)c1ccc(C#N)c(F)c1. The molecule has 1 unspecified atom stereocenters. The summed E-state index contributed by atoms with van der Waals surface area (Å²) in [5, 5.41) is 17.3. The zero-order valence-corrected chi connectivity index (χ0v) is 7.79. The van der Waals surface area contributed by atoms with Crippen LogP contribution in [-0.4, -0.2) is 0 Å². The number of halogens is 1. The lowest BCUT2D eigenvalue weighted by Gasteiger charge is -2.06. The number of nitriles is 2. The Bertz CT molecular complexity index is 412. The third kappa shape index (κ3) is 1.89. The van der Waals surface area contributed by atoms with E-state index in [2.05, 4.69) is 6.07 Å². The lowest BCUT2D eigenvalue weighted by molar-refractivity contribution is 0.619. The highest BCUT2D eigenvalue weighted by Gasteiger charge is 2.10. The van der Waals surface area contributed by atoms with Crippen LogP contribution in [0.1, 0.15) is 30.4 Å². The Labute approximate surface area is 82.2 Å². The smallest absolute Gasteiger partial charge is 0.141 e. The molecule has 0 aliphatic carbocycles. The van der Waals surface area contributed by atoms with Crippen molar-refractivity contribution in [3.05, 3.63) is 35.1 Å². The largest absolute Gasteiger partial charge is 0.206 e. The van der Waals surface area contributed by atoms with Gasteiger partial charge in [-0.2, -0.15) is 10.5 Å². The van der Waals surface area contributed by atoms with Gasteiger partial charge in [0, 0.05) is 0 Å². The van der Waals surface area contributed by atoms with Crippen molar-refractivity contribution >= 4 is 0 Å². The Balaban J connectivity index is 3.10. The van der Waals surface area contributed by atoms with Gasteiger partial charge in [0.15, 0.2) is 0 Å². The molecule has 0 amide bonds. The van der Waals surface area contributed by atoms with Gasteiger partial charge in [-0.3, -0.25) is 0 Å². The van der Waals surface area contributed by atoms with E-state index < -0.39 is 5.82 Å². The van der Waals surface area contributed by atoms with Crippen LogP contribution in [0.2, 0.25) is 0 Å². The molecule has 0 radical (unpaired) electrons. The van der Waals surface area contributed by atoms with Gasteiger partial charge in [0.1, 0.15) is 11.9 Å². The highest BCUT2D eigenvalue weighted by Crippen LogP contribution is 2.20. The van der Waals surface area contributed by atoms with E-state index in [-0.39, 0.29) is 11.5 Å². The Morgan fingerprint density at radius 3 is 2.57 bits per heavy atom. The molecule has 14 heavy (non-hydrogen) atoms. The predicted molar refractivity (Wildman–Crippen MR) is 49.8 cm³/mol. The van der Waals surface area contributed by atoms with Crippen LogP contribution in [0.15, 0.2) is 18.2 Å². The Morgan fingerprint density at radius 2 is 2.14 bits per heavy atom. The molecule has 70 valence electrons. The standard InChI is InChI=1S/C11H9FN2/c1-2-8(6-13)9-3-4-10(7-14)11(12)5-9/h3-5,8H,2H2,1H3. The van der Waals surface area contributed by atoms with Crippen LogP contribution >= 0.6 is 0 Å². The van der Waals surface area contributed by atoms with Gasteiger partial charge >= 0.3 is 0 Å². The first-order chi connectivity index (χ1) is 6.72. The normalized spacial score (nSPS) is 11.4. The highest BCUT2D eigenvalue weighted by atomic mass is 19.1. The number of nitrogens with zero attached hydrogens (tertiary/aromatic N) is 2. The zero-order valence-electron chi connectivity index (χ0n) is 7.79. The number of benzene rings is 1. The quantitative estimate of drug-likeness (QED) is 0.716. The minimum atomic E-state index is -0.557. The third-order valence-electron chi connectivity index (χ3n) is 2.08. The van der Waals surface area contributed by atoms with Crippen LogP contribution in [-0.2, 0) is 0 Å². The molecule has 1 aromatic carbocycles. The predicted octanol–water partition coefficient (Wildman–Crippen LogP) is 2.71. The van der Waals surface area contributed by atoms with E-state index in [4.69, 9.17) is 10.5 Å². The molecular formula is C11H9FN2. The fourth-order valence-corrected chi connectivity index (χ4v) is 1.24. The molecule has 1 aromatic rings. The van der Waals surface area contributed by atoms with Crippen LogP contribution in [0, 0.1) is 28.5 Å². The molecule has 0 spiro atoms. The second-order valence-electron chi connectivity index (χ2n) is 2.94. The van der Waals surface area contributed by atoms with E-state index in [0.717, 1.165) is 0 Å². The molecule has 0 bridgehead atoms. The van der Waals surface area contributed by atoms with E-state index in [0.29, 0.717) is 12.0 Å². The van der Waals surface area contributed by atoms with Crippen molar-refractivity contribution in [1.29, 1.82) is 10.5 Å². The van der Waals surface area contributed by atoms with Crippen molar-refractivity contribution in [3.63, 3.8) is 0 Å². The Hall–Kier alpha value is -1.87. The molecule has 0 aliphatic heterocycles. The average Bonchev–Trinajstić information content (AvgIpc) is 2.20. The van der Waals surface area contributed by atoms with Crippen molar-refractivity contribution in [2.75, 3.05) is 0 Å². The molecule has 0 saturated heterocycles. The van der Waals surface area contributed by atoms with E-state index in [1.807, 2.05) is 6.92 Å². The Morgan fingerprint density at radius 1 is 1.43 bits per heavy atom. The van der Waals surface area contributed by atoms with Crippen molar-refractivity contribution < 1.29 is 4.39 Å². The van der Waals surface area contributed by atoms with Crippen LogP contribution in [0.3, 0.4) is 0 Å². The third-order valence-corrected chi connectivity index (χ3v) is 2.08. The molecule has 0 aliphatic rings. The summed E-state index contributed by atoms with van der Waals surface area (Å²) in [6, 6.07) is 8.11. The molecule has 1 atom stereocenters. The highest BCUT2D eigenvalue weighted by molar-refractivity contribution is 5.36. The van der Waals surface area contributed by atoms with E-state index in [9.17, 15) is 4.39 Å². The first-order valence-corrected chi connectivity index (χ1v) is 4.32. The van der Waals surface area contributed by atoms with Crippen molar-refractivity contribution in [2.24, 2.45) is 0 Å². The average molecular weight is 188 g/mol. The summed E-state index contributed by atoms with van der Waals surface area (Å²) in [6.45, 7) is 1.87. The van der Waals surface area contributed by atoms with Gasteiger partial charge in [-0.1, -0.05) is 13.0 Å². The molecule has 0 aromatic heterocycles. The maximum Gasteiger partial charge on any atom is 0.141 e. The van der Waals surface area contributed by atoms with Crippen molar-refractivity contribution in [1.82, 2.24) is 0 Å². The van der Waals surface area contributed by atoms with Gasteiger partial charge in [-0.25, -0.2) is 4.39 Å². The molecule has 2 nitrogen and oxygen atoms in total. The summed E-state index contributed by atoms with van der Waals surface area (Å²) in [5.41, 5.74) is 0.646. The number of rotatable bonds is 2. The van der Waals surface area contributed by atoms with E-state index in [1.54, 1.807) is 12.1 Å². The lowest BCUT2D eigenvalue weighted by Crippen LogP contribution is -1.95.